The fourth-order valence-corrected chi connectivity index (χ4v) is 4.97. The molecule has 1 heterocycles. The van der Waals surface area contributed by atoms with Crippen molar-refractivity contribution in [3.05, 3.63) is 0 Å². The minimum Gasteiger partial charge on any atom is -0.357 e. The van der Waals surface area contributed by atoms with Crippen molar-refractivity contribution in [1.29, 1.82) is 0 Å². The summed E-state index contributed by atoms with van der Waals surface area (Å²) in [6.07, 6.45) is 29.0. The molecule has 34 heavy (non-hydrogen) atoms. The molecule has 1 N–H and O–H groups in total. The molecule has 0 atom stereocenters. The van der Waals surface area contributed by atoms with Crippen LogP contribution in [-0.2, 0) is 4.79 Å². The molecule has 0 spiro atoms. The van der Waals surface area contributed by atoms with E-state index in [1.165, 1.54) is 128 Å². The highest BCUT2D eigenvalue weighted by Gasteiger charge is 2.16. The average molecular weight is 478 g/mol. The summed E-state index contributed by atoms with van der Waals surface area (Å²) in [4.78, 5) is 19.1. The van der Waals surface area contributed by atoms with Gasteiger partial charge in [0, 0.05) is 32.5 Å². The smallest absolute Gasteiger partial charge is 0.220 e. The SMILES string of the molecule is CCCCCCCCCCCCCCCCCC1=NCCN1CCNC(=O)CCCCCCC. The highest BCUT2D eigenvalue weighted by Crippen LogP contribution is 2.15. The summed E-state index contributed by atoms with van der Waals surface area (Å²) < 4.78 is 0. The van der Waals surface area contributed by atoms with Gasteiger partial charge in [-0.3, -0.25) is 9.79 Å². The van der Waals surface area contributed by atoms with Crippen LogP contribution in [0.2, 0.25) is 0 Å². The minimum absolute atomic E-state index is 0.219. The highest BCUT2D eigenvalue weighted by molar-refractivity contribution is 5.83. The van der Waals surface area contributed by atoms with Gasteiger partial charge in [0.15, 0.2) is 0 Å². The standard InChI is InChI=1S/C30H59N3O/c1-3-5-7-9-10-11-12-13-14-15-16-17-18-20-21-23-29-31-25-27-33(29)28-26-32-30(34)24-22-19-8-6-4-2/h3-28H2,1-2H3,(H,32,34). The van der Waals surface area contributed by atoms with Crippen molar-refractivity contribution in [3.8, 4) is 0 Å². The van der Waals surface area contributed by atoms with Crippen LogP contribution in [0.15, 0.2) is 4.99 Å². The molecule has 0 aromatic carbocycles. The van der Waals surface area contributed by atoms with E-state index in [-0.39, 0.29) is 5.91 Å². The van der Waals surface area contributed by atoms with Crippen molar-refractivity contribution in [2.45, 2.75) is 155 Å². The van der Waals surface area contributed by atoms with Crippen molar-refractivity contribution >= 4 is 11.7 Å². The third kappa shape index (κ3) is 18.3. The number of carbonyl (C=O) groups is 1. The van der Waals surface area contributed by atoms with Gasteiger partial charge in [0.05, 0.1) is 12.4 Å². The van der Waals surface area contributed by atoms with Gasteiger partial charge in [-0.2, -0.15) is 0 Å². The molecule has 1 aliphatic heterocycles. The van der Waals surface area contributed by atoms with Crippen LogP contribution in [-0.4, -0.2) is 42.8 Å². The number of hydrogen-bond acceptors (Lipinski definition) is 3. The second-order valence-corrected chi connectivity index (χ2v) is 10.5. The lowest BCUT2D eigenvalue weighted by Crippen LogP contribution is -2.36. The van der Waals surface area contributed by atoms with Crippen molar-refractivity contribution in [3.63, 3.8) is 0 Å². The van der Waals surface area contributed by atoms with Crippen molar-refractivity contribution < 1.29 is 4.79 Å². The monoisotopic (exact) mass is 477 g/mol. The molecule has 0 fully saturated rings. The van der Waals surface area contributed by atoms with Crippen molar-refractivity contribution in [1.82, 2.24) is 10.2 Å². The lowest BCUT2D eigenvalue weighted by Gasteiger charge is -2.20. The van der Waals surface area contributed by atoms with E-state index in [0.29, 0.717) is 6.42 Å². The quantitative estimate of drug-likeness (QED) is 0.134. The van der Waals surface area contributed by atoms with Gasteiger partial charge in [-0.1, -0.05) is 129 Å². The molecule has 0 saturated carbocycles. The summed E-state index contributed by atoms with van der Waals surface area (Å²) in [6, 6.07) is 0. The van der Waals surface area contributed by atoms with E-state index >= 15 is 0 Å². The molecule has 0 aromatic rings. The zero-order valence-electron chi connectivity index (χ0n) is 23.2. The Hall–Kier alpha value is -1.06. The molecular weight excluding hydrogens is 418 g/mol. The minimum atomic E-state index is 0.219. The van der Waals surface area contributed by atoms with Gasteiger partial charge < -0.3 is 10.2 Å². The topological polar surface area (TPSA) is 44.7 Å². The van der Waals surface area contributed by atoms with Crippen LogP contribution >= 0.6 is 0 Å². The normalized spacial score (nSPS) is 13.5. The number of hydrogen-bond donors (Lipinski definition) is 1. The zero-order valence-corrected chi connectivity index (χ0v) is 23.2. The Kier molecular flexibility index (Phi) is 21.6. The van der Waals surface area contributed by atoms with Crippen LogP contribution in [0.4, 0.5) is 0 Å². The molecule has 200 valence electrons. The Balaban J connectivity index is 1.89. The molecular formula is C30H59N3O. The summed E-state index contributed by atoms with van der Waals surface area (Å²) in [7, 11) is 0. The van der Waals surface area contributed by atoms with E-state index in [4.69, 9.17) is 4.99 Å². The fraction of sp³-hybridized carbons (Fsp3) is 0.933. The molecule has 0 bridgehead atoms. The van der Waals surface area contributed by atoms with Crippen molar-refractivity contribution in [2.75, 3.05) is 26.2 Å². The Morgan fingerprint density at radius 3 is 1.71 bits per heavy atom. The molecule has 1 aliphatic rings. The van der Waals surface area contributed by atoms with Gasteiger partial charge in [0.1, 0.15) is 0 Å². The molecule has 0 radical (unpaired) electrons. The first-order valence-electron chi connectivity index (χ1n) is 15.3. The Bertz CT molecular complexity index is 491. The summed E-state index contributed by atoms with van der Waals surface area (Å²) in [5.74, 6) is 1.50. The summed E-state index contributed by atoms with van der Waals surface area (Å²) in [6.45, 7) is 8.15. The summed E-state index contributed by atoms with van der Waals surface area (Å²) >= 11 is 0. The van der Waals surface area contributed by atoms with Gasteiger partial charge in [0.25, 0.3) is 0 Å². The summed E-state index contributed by atoms with van der Waals surface area (Å²) in [5.41, 5.74) is 0. The Morgan fingerprint density at radius 1 is 0.706 bits per heavy atom. The van der Waals surface area contributed by atoms with Gasteiger partial charge in [-0.15, -0.1) is 0 Å². The lowest BCUT2D eigenvalue weighted by atomic mass is 10.0. The van der Waals surface area contributed by atoms with Gasteiger partial charge >= 0.3 is 0 Å². The first-order chi connectivity index (χ1) is 16.8. The number of rotatable bonds is 25. The van der Waals surface area contributed by atoms with Crippen LogP contribution in [0.5, 0.6) is 0 Å². The van der Waals surface area contributed by atoms with Gasteiger partial charge in [0.2, 0.25) is 5.91 Å². The van der Waals surface area contributed by atoms with Gasteiger partial charge in [-0.25, -0.2) is 0 Å². The highest BCUT2D eigenvalue weighted by atomic mass is 16.1. The van der Waals surface area contributed by atoms with Crippen molar-refractivity contribution in [2.24, 2.45) is 4.99 Å². The predicted molar refractivity (Wildman–Crippen MR) is 150 cm³/mol. The molecule has 0 aliphatic carbocycles. The number of carbonyl (C=O) groups excluding carboxylic acids is 1. The van der Waals surface area contributed by atoms with E-state index < -0.39 is 0 Å². The second kappa shape index (κ2) is 23.7. The maximum atomic E-state index is 12.0. The van der Waals surface area contributed by atoms with Crippen LogP contribution < -0.4 is 5.32 Å². The first kappa shape index (κ1) is 31.0. The number of nitrogens with zero attached hydrogens (tertiary/aromatic N) is 2. The fourth-order valence-electron chi connectivity index (χ4n) is 4.97. The van der Waals surface area contributed by atoms with Gasteiger partial charge in [-0.05, 0) is 12.8 Å². The van der Waals surface area contributed by atoms with E-state index in [9.17, 15) is 4.79 Å². The molecule has 4 heteroatoms. The molecule has 0 unspecified atom stereocenters. The second-order valence-electron chi connectivity index (χ2n) is 10.5. The number of nitrogens with one attached hydrogen (secondary N) is 1. The molecule has 0 aromatic heterocycles. The van der Waals surface area contributed by atoms with Crippen LogP contribution in [0.1, 0.15) is 155 Å². The van der Waals surface area contributed by atoms with E-state index in [2.05, 4.69) is 24.1 Å². The Labute approximate surface area is 213 Å². The number of unbranched alkanes of at least 4 members (excludes halogenated alkanes) is 18. The molecule has 1 amide bonds. The van der Waals surface area contributed by atoms with E-state index in [0.717, 1.165) is 39.0 Å². The predicted octanol–water partition coefficient (Wildman–Crippen LogP) is 8.44. The Morgan fingerprint density at radius 2 is 1.18 bits per heavy atom. The van der Waals surface area contributed by atoms with E-state index in [1.54, 1.807) is 0 Å². The maximum Gasteiger partial charge on any atom is 0.220 e. The number of amides is 1. The van der Waals surface area contributed by atoms with Crippen LogP contribution in [0.3, 0.4) is 0 Å². The van der Waals surface area contributed by atoms with Crippen LogP contribution in [0, 0.1) is 0 Å². The number of aliphatic imine (C=N–C) groups is 1. The molecule has 1 rings (SSSR count). The largest absolute Gasteiger partial charge is 0.357 e. The number of amidine groups is 1. The van der Waals surface area contributed by atoms with E-state index in [1.807, 2.05) is 0 Å². The molecule has 4 nitrogen and oxygen atoms in total. The zero-order chi connectivity index (χ0) is 24.5. The van der Waals surface area contributed by atoms with Crippen LogP contribution in [0.25, 0.3) is 0 Å². The lowest BCUT2D eigenvalue weighted by molar-refractivity contribution is -0.121. The third-order valence-corrected chi connectivity index (χ3v) is 7.24. The first-order valence-corrected chi connectivity index (χ1v) is 15.3. The molecule has 0 saturated heterocycles. The summed E-state index contributed by atoms with van der Waals surface area (Å²) in [5, 5.41) is 3.11. The average Bonchev–Trinajstić information content (AvgIpc) is 3.28. The maximum absolute atomic E-state index is 12.0. The third-order valence-electron chi connectivity index (χ3n) is 7.24.